The van der Waals surface area contributed by atoms with E-state index in [0.717, 1.165) is 12.8 Å². The predicted molar refractivity (Wildman–Crippen MR) is 112 cm³/mol. The molecule has 2 aromatic carbocycles. The van der Waals surface area contributed by atoms with Crippen molar-refractivity contribution in [2.24, 2.45) is 5.41 Å². The minimum Gasteiger partial charge on any atom is -0.406 e. The Morgan fingerprint density at radius 1 is 0.879 bits per heavy atom. The molecule has 0 aromatic heterocycles. The van der Waals surface area contributed by atoms with Crippen LogP contribution in [0.4, 0.5) is 17.6 Å². The third-order valence-electron chi connectivity index (χ3n) is 6.34. The van der Waals surface area contributed by atoms with Crippen LogP contribution in [0.15, 0.2) is 48.5 Å². The fourth-order valence-electron chi connectivity index (χ4n) is 4.66. The Hall–Kier alpha value is -3.10. The van der Waals surface area contributed by atoms with E-state index >= 15 is 0 Å². The van der Waals surface area contributed by atoms with E-state index in [1.54, 1.807) is 21.9 Å². The van der Waals surface area contributed by atoms with Crippen LogP contribution < -0.4 is 4.74 Å². The van der Waals surface area contributed by atoms with Gasteiger partial charge in [-0.1, -0.05) is 24.3 Å². The summed E-state index contributed by atoms with van der Waals surface area (Å²) in [5.41, 5.74) is 1.10. The average Bonchev–Trinajstić information content (AvgIpc) is 3.36. The summed E-state index contributed by atoms with van der Waals surface area (Å²) in [5.74, 6) is -0.845. The lowest BCUT2D eigenvalue weighted by Crippen LogP contribution is -2.36. The molecule has 2 aliphatic heterocycles. The summed E-state index contributed by atoms with van der Waals surface area (Å²) < 4.78 is 54.1. The van der Waals surface area contributed by atoms with Gasteiger partial charge >= 0.3 is 6.36 Å². The predicted octanol–water partition coefficient (Wildman–Crippen LogP) is 3.96. The summed E-state index contributed by atoms with van der Waals surface area (Å²) in [6, 6.07) is 11.3. The lowest BCUT2D eigenvalue weighted by Gasteiger charge is -2.25. The first kappa shape index (κ1) is 23.1. The number of alkyl halides is 3. The molecule has 0 aliphatic carbocycles. The molecule has 1 unspecified atom stereocenters. The van der Waals surface area contributed by atoms with Crippen molar-refractivity contribution in [1.82, 2.24) is 9.80 Å². The van der Waals surface area contributed by atoms with Gasteiger partial charge in [-0.25, -0.2) is 4.39 Å². The second kappa shape index (κ2) is 9.03. The number of rotatable bonds is 5. The number of benzene rings is 2. The van der Waals surface area contributed by atoms with Gasteiger partial charge in [-0.3, -0.25) is 9.59 Å². The Balaban J connectivity index is 1.29. The number of hydrogen-bond acceptors (Lipinski definition) is 3. The fraction of sp³-hybridized carbons (Fsp3) is 0.417. The number of likely N-dealkylation sites (tertiary alicyclic amines) is 2. The molecule has 1 atom stereocenters. The lowest BCUT2D eigenvalue weighted by atomic mass is 9.86. The molecule has 0 saturated carbocycles. The number of carbonyl (C=O) groups excluding carboxylic acids is 2. The topological polar surface area (TPSA) is 49.9 Å². The quantitative estimate of drug-likeness (QED) is 0.630. The SMILES string of the molecule is O=C(Cc1ccc(OC(F)(F)F)cc1)N1CCC2(CCN(C(=O)Cc3cccc(F)c3)C2)C1. The highest BCUT2D eigenvalue weighted by Gasteiger charge is 2.45. The van der Waals surface area contributed by atoms with Gasteiger partial charge in [0.25, 0.3) is 0 Å². The molecule has 5 nitrogen and oxygen atoms in total. The summed E-state index contributed by atoms with van der Waals surface area (Å²) in [4.78, 5) is 29.0. The maximum Gasteiger partial charge on any atom is 0.573 e. The smallest absolute Gasteiger partial charge is 0.406 e. The maximum absolute atomic E-state index is 13.4. The summed E-state index contributed by atoms with van der Waals surface area (Å²) in [6.07, 6.45) is -2.93. The van der Waals surface area contributed by atoms with Crippen LogP contribution in [0.25, 0.3) is 0 Å². The number of nitrogens with zero attached hydrogens (tertiary/aromatic N) is 2. The summed E-state index contributed by atoms with van der Waals surface area (Å²) in [6.45, 7) is 2.30. The van der Waals surface area contributed by atoms with Crippen molar-refractivity contribution >= 4 is 11.8 Å². The van der Waals surface area contributed by atoms with E-state index in [-0.39, 0.29) is 41.6 Å². The van der Waals surface area contributed by atoms with E-state index in [2.05, 4.69) is 4.74 Å². The van der Waals surface area contributed by atoms with Crippen LogP contribution >= 0.6 is 0 Å². The number of halogens is 4. The second-order valence-electron chi connectivity index (χ2n) is 8.81. The number of amides is 2. The molecule has 1 spiro atoms. The van der Waals surface area contributed by atoms with Crippen LogP contribution in [0, 0.1) is 11.2 Å². The Morgan fingerprint density at radius 2 is 1.45 bits per heavy atom. The van der Waals surface area contributed by atoms with Crippen molar-refractivity contribution in [3.05, 3.63) is 65.5 Å². The Kier molecular flexibility index (Phi) is 6.32. The first-order valence-corrected chi connectivity index (χ1v) is 10.8. The lowest BCUT2D eigenvalue weighted by molar-refractivity contribution is -0.274. The molecule has 0 bridgehead atoms. The van der Waals surface area contributed by atoms with Gasteiger partial charge in [0.2, 0.25) is 11.8 Å². The van der Waals surface area contributed by atoms with Gasteiger partial charge in [0.05, 0.1) is 12.8 Å². The highest BCUT2D eigenvalue weighted by molar-refractivity contribution is 5.80. The second-order valence-corrected chi connectivity index (χ2v) is 8.81. The normalized spacial score (nSPS) is 20.5. The van der Waals surface area contributed by atoms with E-state index in [1.807, 2.05) is 0 Å². The zero-order valence-corrected chi connectivity index (χ0v) is 17.9. The first-order chi connectivity index (χ1) is 15.6. The number of carbonyl (C=O) groups is 2. The molecule has 33 heavy (non-hydrogen) atoms. The molecule has 2 saturated heterocycles. The molecular weight excluding hydrogens is 440 g/mol. The van der Waals surface area contributed by atoms with Crippen LogP contribution in [0.1, 0.15) is 24.0 Å². The van der Waals surface area contributed by atoms with E-state index in [1.165, 1.54) is 36.4 Å². The zero-order chi connectivity index (χ0) is 23.6. The third-order valence-corrected chi connectivity index (χ3v) is 6.34. The van der Waals surface area contributed by atoms with E-state index in [4.69, 9.17) is 0 Å². The third kappa shape index (κ3) is 5.83. The van der Waals surface area contributed by atoms with Crippen molar-refractivity contribution < 1.29 is 31.9 Å². The molecule has 2 heterocycles. The molecule has 4 rings (SSSR count). The van der Waals surface area contributed by atoms with Crippen molar-refractivity contribution in [3.8, 4) is 5.75 Å². The van der Waals surface area contributed by atoms with Gasteiger partial charge in [0, 0.05) is 31.6 Å². The maximum atomic E-state index is 13.4. The molecule has 176 valence electrons. The Bertz CT molecular complexity index is 1030. The van der Waals surface area contributed by atoms with Crippen molar-refractivity contribution in [2.75, 3.05) is 26.2 Å². The molecule has 2 fully saturated rings. The van der Waals surface area contributed by atoms with Crippen LogP contribution in [-0.2, 0) is 22.4 Å². The van der Waals surface area contributed by atoms with Gasteiger partial charge in [0.15, 0.2) is 0 Å². The Labute approximate surface area is 188 Å². The zero-order valence-electron chi connectivity index (χ0n) is 17.9. The largest absolute Gasteiger partial charge is 0.573 e. The van der Waals surface area contributed by atoms with E-state index < -0.39 is 6.36 Å². The number of ether oxygens (including phenoxy) is 1. The summed E-state index contributed by atoms with van der Waals surface area (Å²) in [7, 11) is 0. The van der Waals surface area contributed by atoms with Gasteiger partial charge in [-0.15, -0.1) is 13.2 Å². The molecule has 0 N–H and O–H groups in total. The van der Waals surface area contributed by atoms with Crippen molar-refractivity contribution in [2.45, 2.75) is 32.0 Å². The molecule has 0 radical (unpaired) electrons. The molecular formula is C24H24F4N2O3. The van der Waals surface area contributed by atoms with E-state index in [9.17, 15) is 27.2 Å². The van der Waals surface area contributed by atoms with Crippen LogP contribution in [-0.4, -0.2) is 54.2 Å². The number of hydrogen-bond donors (Lipinski definition) is 0. The van der Waals surface area contributed by atoms with Crippen LogP contribution in [0.5, 0.6) is 5.75 Å². The highest BCUT2D eigenvalue weighted by atomic mass is 19.4. The van der Waals surface area contributed by atoms with Crippen LogP contribution in [0.2, 0.25) is 0 Å². The standard InChI is InChI=1S/C24H24F4N2O3/c25-19-3-1-2-18(12-19)14-22(32)30-11-9-23(16-30)8-10-29(15-23)21(31)13-17-4-6-20(7-5-17)33-24(26,27)28/h1-7,12H,8-11,13-16H2. The Morgan fingerprint density at radius 3 is 2.00 bits per heavy atom. The molecule has 9 heteroatoms. The van der Waals surface area contributed by atoms with Crippen molar-refractivity contribution in [1.29, 1.82) is 0 Å². The minimum atomic E-state index is -4.75. The average molecular weight is 464 g/mol. The minimum absolute atomic E-state index is 0.0524. The van der Waals surface area contributed by atoms with Crippen molar-refractivity contribution in [3.63, 3.8) is 0 Å². The molecule has 2 amide bonds. The van der Waals surface area contributed by atoms with E-state index in [0.29, 0.717) is 37.3 Å². The summed E-state index contributed by atoms with van der Waals surface area (Å²) in [5, 5.41) is 0. The highest BCUT2D eigenvalue weighted by Crippen LogP contribution is 2.40. The fourth-order valence-corrected chi connectivity index (χ4v) is 4.66. The van der Waals surface area contributed by atoms with Gasteiger partial charge < -0.3 is 14.5 Å². The van der Waals surface area contributed by atoms with Gasteiger partial charge in [-0.2, -0.15) is 0 Å². The molecule has 2 aromatic rings. The molecule has 2 aliphatic rings. The van der Waals surface area contributed by atoms with Gasteiger partial charge in [-0.05, 0) is 48.2 Å². The summed E-state index contributed by atoms with van der Waals surface area (Å²) >= 11 is 0. The van der Waals surface area contributed by atoms with Gasteiger partial charge in [0.1, 0.15) is 11.6 Å². The first-order valence-electron chi connectivity index (χ1n) is 10.8. The van der Waals surface area contributed by atoms with Crippen LogP contribution in [0.3, 0.4) is 0 Å². The monoisotopic (exact) mass is 464 g/mol.